The Morgan fingerprint density at radius 1 is 1.19 bits per heavy atom. The summed E-state index contributed by atoms with van der Waals surface area (Å²) in [5, 5.41) is 16.3. The van der Waals surface area contributed by atoms with Crippen molar-refractivity contribution >= 4 is 56.0 Å². The molecule has 0 saturated carbocycles. The molecule has 1 aliphatic rings. The monoisotopic (exact) mass is 513 g/mol. The third kappa shape index (κ3) is 4.69. The topological polar surface area (TPSA) is 82.9 Å². The van der Waals surface area contributed by atoms with Gasteiger partial charge in [0.15, 0.2) is 0 Å². The van der Waals surface area contributed by atoms with Crippen molar-refractivity contribution in [1.82, 2.24) is 9.99 Å². The third-order valence-corrected chi connectivity index (χ3v) is 6.34. The summed E-state index contributed by atoms with van der Waals surface area (Å²) in [6.45, 7) is 1.98. The number of rotatable bonds is 6. The van der Waals surface area contributed by atoms with E-state index in [9.17, 15) is 9.59 Å². The van der Waals surface area contributed by atoms with E-state index in [2.05, 4.69) is 26.0 Å². The average Bonchev–Trinajstić information content (AvgIpc) is 3.19. The number of aromatic nitrogens is 1. The summed E-state index contributed by atoms with van der Waals surface area (Å²) in [7, 11) is 0. The molecule has 1 aromatic heterocycles. The van der Waals surface area contributed by atoms with Crippen LogP contribution in [0, 0.1) is 6.92 Å². The fourth-order valence-electron chi connectivity index (χ4n) is 3.88. The zero-order chi connectivity index (χ0) is 22.8. The van der Waals surface area contributed by atoms with Crippen LogP contribution < -0.4 is 0 Å². The zero-order valence-electron chi connectivity index (χ0n) is 17.4. The van der Waals surface area contributed by atoms with Crippen molar-refractivity contribution in [2.45, 2.75) is 38.6 Å². The minimum Gasteiger partial charge on any atom is -0.481 e. The fourth-order valence-corrected chi connectivity index (χ4v) is 4.41. The number of nitrogens with zero attached hydrogens (tertiary/aromatic N) is 3. The van der Waals surface area contributed by atoms with Gasteiger partial charge in [0, 0.05) is 34.7 Å². The third-order valence-electron chi connectivity index (χ3n) is 5.51. The highest BCUT2D eigenvalue weighted by molar-refractivity contribution is 9.10. The van der Waals surface area contributed by atoms with E-state index in [1.54, 1.807) is 0 Å². The van der Waals surface area contributed by atoms with Crippen LogP contribution in [0.3, 0.4) is 0 Å². The van der Waals surface area contributed by atoms with Gasteiger partial charge >= 0.3 is 5.97 Å². The van der Waals surface area contributed by atoms with Crippen molar-refractivity contribution in [2.24, 2.45) is 5.10 Å². The molecule has 1 amide bonds. The van der Waals surface area contributed by atoms with E-state index in [4.69, 9.17) is 16.7 Å². The summed E-state index contributed by atoms with van der Waals surface area (Å²) < 4.78 is 0.954. The molecule has 3 aromatic rings. The summed E-state index contributed by atoms with van der Waals surface area (Å²) in [6.07, 6.45) is 0.775. The van der Waals surface area contributed by atoms with Gasteiger partial charge in [0.05, 0.1) is 17.3 Å². The molecule has 8 heteroatoms. The van der Waals surface area contributed by atoms with Crippen molar-refractivity contribution in [1.29, 1.82) is 0 Å². The Balaban J connectivity index is 1.71. The number of carbonyl (C=O) groups is 2. The minimum atomic E-state index is -0.924. The second kappa shape index (κ2) is 9.38. The SMILES string of the molecule is Cc1cccc2cc([C@@H]3CC(c4ccc(Br)cc4)=NN3C(=O)CCCC(=O)O)c(Cl)nc12. The second-order valence-corrected chi connectivity index (χ2v) is 9.05. The first kappa shape index (κ1) is 22.4. The Morgan fingerprint density at radius 2 is 1.94 bits per heavy atom. The van der Waals surface area contributed by atoms with Crippen LogP contribution in [-0.2, 0) is 9.59 Å². The van der Waals surface area contributed by atoms with Crippen molar-refractivity contribution in [3.63, 3.8) is 0 Å². The molecule has 4 rings (SSSR count). The van der Waals surface area contributed by atoms with Crippen LogP contribution in [0.5, 0.6) is 0 Å². The van der Waals surface area contributed by atoms with Gasteiger partial charge < -0.3 is 5.11 Å². The number of fused-ring (bicyclic) bond motifs is 1. The predicted molar refractivity (Wildman–Crippen MR) is 128 cm³/mol. The van der Waals surface area contributed by atoms with Crippen LogP contribution in [-0.4, -0.2) is 32.7 Å². The Kier molecular flexibility index (Phi) is 6.58. The van der Waals surface area contributed by atoms with E-state index in [1.807, 2.05) is 55.5 Å². The molecule has 0 bridgehead atoms. The maximum absolute atomic E-state index is 13.0. The number of pyridine rings is 1. The van der Waals surface area contributed by atoms with Gasteiger partial charge in [-0.05, 0) is 42.7 Å². The fraction of sp³-hybridized carbons (Fsp3) is 0.250. The van der Waals surface area contributed by atoms with Gasteiger partial charge in [-0.25, -0.2) is 9.99 Å². The lowest BCUT2D eigenvalue weighted by Gasteiger charge is -2.23. The van der Waals surface area contributed by atoms with Gasteiger partial charge in [0.1, 0.15) is 5.15 Å². The highest BCUT2D eigenvalue weighted by Gasteiger charge is 2.34. The highest BCUT2D eigenvalue weighted by Crippen LogP contribution is 2.38. The molecule has 0 unspecified atom stereocenters. The maximum Gasteiger partial charge on any atom is 0.303 e. The van der Waals surface area contributed by atoms with Crippen LogP contribution in [0.15, 0.2) is 58.1 Å². The van der Waals surface area contributed by atoms with Gasteiger partial charge in [0.25, 0.3) is 0 Å². The first-order chi connectivity index (χ1) is 15.3. The molecule has 0 spiro atoms. The first-order valence-corrected chi connectivity index (χ1v) is 11.4. The number of para-hydroxylation sites is 1. The summed E-state index contributed by atoms with van der Waals surface area (Å²) in [5.41, 5.74) is 4.27. The van der Waals surface area contributed by atoms with E-state index in [0.29, 0.717) is 11.6 Å². The van der Waals surface area contributed by atoms with E-state index in [0.717, 1.165) is 37.8 Å². The Bertz CT molecular complexity index is 1230. The smallest absolute Gasteiger partial charge is 0.303 e. The largest absolute Gasteiger partial charge is 0.481 e. The van der Waals surface area contributed by atoms with Crippen LogP contribution in [0.4, 0.5) is 0 Å². The number of amides is 1. The summed E-state index contributed by atoms with van der Waals surface area (Å²) in [5.74, 6) is -1.16. The molecule has 1 N–H and O–H groups in total. The number of hydrazone groups is 1. The average molecular weight is 515 g/mol. The molecule has 0 saturated heterocycles. The number of benzene rings is 2. The Labute approximate surface area is 199 Å². The number of halogens is 2. The molecule has 164 valence electrons. The molecule has 2 heterocycles. The van der Waals surface area contributed by atoms with Crippen LogP contribution >= 0.6 is 27.5 Å². The Hall–Kier alpha value is -2.77. The normalized spacial score (nSPS) is 15.8. The van der Waals surface area contributed by atoms with Crippen molar-refractivity contribution < 1.29 is 14.7 Å². The van der Waals surface area contributed by atoms with Crippen molar-refractivity contribution in [3.8, 4) is 0 Å². The molecular weight excluding hydrogens is 494 g/mol. The maximum atomic E-state index is 13.0. The van der Waals surface area contributed by atoms with Gasteiger partial charge in [-0.2, -0.15) is 5.10 Å². The van der Waals surface area contributed by atoms with E-state index in [-0.39, 0.29) is 25.2 Å². The zero-order valence-corrected chi connectivity index (χ0v) is 19.7. The number of aliphatic carboxylic acids is 1. The molecule has 0 aliphatic carbocycles. The molecule has 2 aromatic carbocycles. The Morgan fingerprint density at radius 3 is 2.66 bits per heavy atom. The lowest BCUT2D eigenvalue weighted by Crippen LogP contribution is -2.27. The predicted octanol–water partition coefficient (Wildman–Crippen LogP) is 5.89. The van der Waals surface area contributed by atoms with Gasteiger partial charge in [-0.1, -0.05) is 57.9 Å². The standard InChI is InChI=1S/C24H21BrClN3O3/c1-14-4-2-5-16-12-18(24(26)27-23(14)16)20-13-19(15-8-10-17(25)11-9-15)28-29(20)21(30)6-3-7-22(31)32/h2,4-5,8-12,20H,3,6-7,13H2,1H3,(H,31,32)/t20-/m0/s1. The van der Waals surface area contributed by atoms with Crippen LogP contribution in [0.1, 0.15) is 48.4 Å². The molecule has 1 aliphatic heterocycles. The summed E-state index contributed by atoms with van der Waals surface area (Å²) in [6, 6.07) is 15.2. The summed E-state index contributed by atoms with van der Waals surface area (Å²) in [4.78, 5) is 28.5. The quantitative estimate of drug-likeness (QED) is 0.416. The van der Waals surface area contributed by atoms with Gasteiger partial charge in [-0.15, -0.1) is 0 Å². The van der Waals surface area contributed by atoms with Gasteiger partial charge in [0.2, 0.25) is 5.91 Å². The molecule has 1 atom stereocenters. The number of aryl methyl sites for hydroxylation is 1. The lowest BCUT2D eigenvalue weighted by atomic mass is 9.97. The molecule has 0 fully saturated rings. The lowest BCUT2D eigenvalue weighted by molar-refractivity contribution is -0.137. The van der Waals surface area contributed by atoms with Gasteiger partial charge in [-0.3, -0.25) is 9.59 Å². The molecule has 0 radical (unpaired) electrons. The number of carboxylic acid groups (broad SMARTS) is 1. The molecular formula is C24H21BrClN3O3. The minimum absolute atomic E-state index is 0.0644. The van der Waals surface area contributed by atoms with E-state index < -0.39 is 12.0 Å². The van der Waals surface area contributed by atoms with Crippen LogP contribution in [0.2, 0.25) is 5.15 Å². The number of carbonyl (C=O) groups excluding carboxylic acids is 1. The molecule has 6 nitrogen and oxygen atoms in total. The van der Waals surface area contributed by atoms with E-state index in [1.165, 1.54) is 5.01 Å². The van der Waals surface area contributed by atoms with Crippen molar-refractivity contribution in [2.75, 3.05) is 0 Å². The number of hydrogen-bond donors (Lipinski definition) is 1. The molecule has 32 heavy (non-hydrogen) atoms. The second-order valence-electron chi connectivity index (χ2n) is 7.77. The summed E-state index contributed by atoms with van der Waals surface area (Å²) >= 11 is 10.0. The number of hydrogen-bond acceptors (Lipinski definition) is 4. The van der Waals surface area contributed by atoms with Crippen LogP contribution in [0.25, 0.3) is 10.9 Å². The highest BCUT2D eigenvalue weighted by atomic mass is 79.9. The van der Waals surface area contributed by atoms with Crippen molar-refractivity contribution in [3.05, 3.63) is 74.8 Å². The van der Waals surface area contributed by atoms with E-state index >= 15 is 0 Å². The first-order valence-electron chi connectivity index (χ1n) is 10.3. The number of carboxylic acids is 1.